The van der Waals surface area contributed by atoms with Gasteiger partial charge in [0.25, 0.3) is 0 Å². The largest absolute Gasteiger partial charge is 0.338 e. The third kappa shape index (κ3) is 2.17. The van der Waals surface area contributed by atoms with Crippen LogP contribution in [-0.2, 0) is 17.1 Å². The maximum Gasteiger partial charge on any atom is 0.240 e. The molecule has 2 heterocycles. The molecule has 0 atom stereocenters. The number of aromatic nitrogens is 5. The maximum atomic E-state index is 11.9. The van der Waals surface area contributed by atoms with Gasteiger partial charge in [0.1, 0.15) is 11.3 Å². The monoisotopic (exact) mass is 342 g/mol. The minimum absolute atomic E-state index is 0.186. The van der Waals surface area contributed by atoms with Crippen molar-refractivity contribution in [3.63, 3.8) is 0 Å². The van der Waals surface area contributed by atoms with Gasteiger partial charge in [-0.1, -0.05) is 11.3 Å². The quantitative estimate of drug-likeness (QED) is 0.586. The highest BCUT2D eigenvalue weighted by molar-refractivity contribution is 7.89. The topological polar surface area (TPSA) is 106 Å². The lowest BCUT2D eigenvalue weighted by Crippen LogP contribution is -2.18. The van der Waals surface area contributed by atoms with Crippen molar-refractivity contribution in [1.82, 2.24) is 29.7 Å². The second kappa shape index (κ2) is 5.11. The van der Waals surface area contributed by atoms with Crippen molar-refractivity contribution in [2.45, 2.75) is 4.90 Å². The van der Waals surface area contributed by atoms with Crippen LogP contribution in [0.4, 0.5) is 0 Å². The van der Waals surface area contributed by atoms with Crippen molar-refractivity contribution in [2.24, 2.45) is 7.05 Å². The Balaban J connectivity index is 1.91. The van der Waals surface area contributed by atoms with Crippen molar-refractivity contribution in [1.29, 1.82) is 0 Å². The van der Waals surface area contributed by atoms with E-state index in [0.29, 0.717) is 16.9 Å². The van der Waals surface area contributed by atoms with Gasteiger partial charge in [0.05, 0.1) is 21.4 Å². The van der Waals surface area contributed by atoms with Crippen LogP contribution in [0, 0.1) is 0 Å². The molecule has 2 aromatic heterocycles. The highest BCUT2D eigenvalue weighted by Crippen LogP contribution is 2.27. The van der Waals surface area contributed by atoms with Crippen LogP contribution >= 0.6 is 0 Å². The Morgan fingerprint density at radius 1 is 1.21 bits per heavy atom. The molecule has 2 aromatic carbocycles. The smallest absolute Gasteiger partial charge is 0.240 e. The first-order chi connectivity index (χ1) is 11.5. The van der Waals surface area contributed by atoms with Crippen LogP contribution in [0.15, 0.2) is 41.3 Å². The van der Waals surface area contributed by atoms with Crippen LogP contribution in [-0.4, -0.2) is 40.4 Å². The molecule has 0 amide bonds. The molecule has 0 aliphatic rings. The number of H-pyrrole nitrogens is 1. The van der Waals surface area contributed by atoms with E-state index in [1.807, 2.05) is 25.2 Å². The summed E-state index contributed by atoms with van der Waals surface area (Å²) in [5.74, 6) is 0.620. The van der Waals surface area contributed by atoms with Gasteiger partial charge < -0.3 is 4.98 Å². The van der Waals surface area contributed by atoms with E-state index in [4.69, 9.17) is 0 Å². The van der Waals surface area contributed by atoms with E-state index < -0.39 is 10.0 Å². The Bertz CT molecular complexity index is 1180. The number of aromatic amines is 1. The standard InChI is InChI=1S/C15H14N6O2S/c1-16-24(22,23)9-6-7-11-12(8-9)18-15(17-11)10-4-3-5-13-14(10)19-20-21(13)2/h3-8,16H,1-2H3,(H,17,18). The molecule has 0 saturated carbocycles. The van der Waals surface area contributed by atoms with Gasteiger partial charge in [-0.05, 0) is 37.4 Å². The van der Waals surface area contributed by atoms with Gasteiger partial charge in [-0.3, -0.25) is 0 Å². The minimum Gasteiger partial charge on any atom is -0.338 e. The molecule has 0 aliphatic heterocycles. The zero-order valence-electron chi connectivity index (χ0n) is 13.0. The van der Waals surface area contributed by atoms with Gasteiger partial charge in [0.2, 0.25) is 10.0 Å². The highest BCUT2D eigenvalue weighted by atomic mass is 32.2. The minimum atomic E-state index is -3.50. The lowest BCUT2D eigenvalue weighted by Gasteiger charge is -2.01. The molecule has 9 heteroatoms. The molecule has 24 heavy (non-hydrogen) atoms. The molecule has 122 valence electrons. The van der Waals surface area contributed by atoms with Crippen LogP contribution in [0.5, 0.6) is 0 Å². The SMILES string of the molecule is CNS(=O)(=O)c1ccc2nc(-c3cccc4c3nnn4C)[nH]c2c1. The number of imidazole rings is 1. The number of nitrogens with zero attached hydrogens (tertiary/aromatic N) is 4. The van der Waals surface area contributed by atoms with Gasteiger partial charge in [0.15, 0.2) is 0 Å². The predicted molar refractivity (Wildman–Crippen MR) is 89.8 cm³/mol. The maximum absolute atomic E-state index is 11.9. The second-order valence-corrected chi connectivity index (χ2v) is 7.24. The van der Waals surface area contributed by atoms with Crippen molar-refractivity contribution >= 4 is 32.1 Å². The second-order valence-electron chi connectivity index (χ2n) is 5.36. The van der Waals surface area contributed by atoms with Crippen molar-refractivity contribution in [2.75, 3.05) is 7.05 Å². The lowest BCUT2D eigenvalue weighted by molar-refractivity contribution is 0.588. The van der Waals surface area contributed by atoms with E-state index >= 15 is 0 Å². The summed E-state index contributed by atoms with van der Waals surface area (Å²) in [7, 11) is -0.292. The summed E-state index contributed by atoms with van der Waals surface area (Å²) in [6.07, 6.45) is 0. The van der Waals surface area contributed by atoms with Crippen LogP contribution in [0.25, 0.3) is 33.5 Å². The van der Waals surface area contributed by atoms with Crippen LogP contribution in [0.3, 0.4) is 0 Å². The summed E-state index contributed by atoms with van der Waals surface area (Å²) < 4.78 is 27.9. The molecule has 0 bridgehead atoms. The van der Waals surface area contributed by atoms with Crippen LogP contribution in [0.2, 0.25) is 0 Å². The molecule has 0 aliphatic carbocycles. The van der Waals surface area contributed by atoms with E-state index in [0.717, 1.165) is 16.6 Å². The lowest BCUT2D eigenvalue weighted by atomic mass is 10.2. The Labute approximate surface area is 137 Å². The van der Waals surface area contributed by atoms with Gasteiger partial charge in [0, 0.05) is 12.6 Å². The molecule has 4 rings (SSSR count). The fraction of sp³-hybridized carbons (Fsp3) is 0.133. The Kier molecular flexibility index (Phi) is 3.15. The molecule has 4 aromatic rings. The summed E-state index contributed by atoms with van der Waals surface area (Å²) in [5, 5.41) is 8.21. The van der Waals surface area contributed by atoms with Crippen LogP contribution < -0.4 is 4.72 Å². The first kappa shape index (κ1) is 14.8. The fourth-order valence-electron chi connectivity index (χ4n) is 2.65. The fourth-order valence-corrected chi connectivity index (χ4v) is 3.41. The zero-order valence-corrected chi connectivity index (χ0v) is 13.8. The molecule has 8 nitrogen and oxygen atoms in total. The summed E-state index contributed by atoms with van der Waals surface area (Å²) in [6.45, 7) is 0. The normalized spacial score (nSPS) is 12.2. The number of hydrogen-bond acceptors (Lipinski definition) is 5. The highest BCUT2D eigenvalue weighted by Gasteiger charge is 2.15. The summed E-state index contributed by atoms with van der Waals surface area (Å²) >= 11 is 0. The van der Waals surface area contributed by atoms with E-state index in [-0.39, 0.29) is 4.90 Å². The molecule has 0 radical (unpaired) electrons. The molecule has 0 fully saturated rings. The molecule has 0 unspecified atom stereocenters. The third-order valence-electron chi connectivity index (χ3n) is 3.93. The Morgan fingerprint density at radius 3 is 2.83 bits per heavy atom. The first-order valence-corrected chi connectivity index (χ1v) is 8.70. The molecule has 0 spiro atoms. The summed E-state index contributed by atoms with van der Waals surface area (Å²) in [5.41, 5.74) is 3.77. The zero-order chi connectivity index (χ0) is 16.9. The van der Waals surface area contributed by atoms with Crippen LogP contribution in [0.1, 0.15) is 0 Å². The number of benzene rings is 2. The van der Waals surface area contributed by atoms with Gasteiger partial charge in [-0.15, -0.1) is 5.10 Å². The summed E-state index contributed by atoms with van der Waals surface area (Å²) in [4.78, 5) is 7.90. The number of aryl methyl sites for hydroxylation is 1. The number of sulfonamides is 1. The van der Waals surface area contributed by atoms with E-state index in [9.17, 15) is 8.42 Å². The number of hydrogen-bond donors (Lipinski definition) is 2. The Morgan fingerprint density at radius 2 is 2.04 bits per heavy atom. The van der Waals surface area contributed by atoms with Crippen molar-refractivity contribution in [3.05, 3.63) is 36.4 Å². The average Bonchev–Trinajstić information content (AvgIpc) is 3.18. The Hall–Kier alpha value is -2.78. The van der Waals surface area contributed by atoms with E-state index in [2.05, 4.69) is 25.0 Å². The number of nitrogens with one attached hydrogen (secondary N) is 2. The van der Waals surface area contributed by atoms with Gasteiger partial charge in [-0.25, -0.2) is 22.8 Å². The van der Waals surface area contributed by atoms with E-state index in [1.165, 1.54) is 13.1 Å². The van der Waals surface area contributed by atoms with Gasteiger partial charge >= 0.3 is 0 Å². The number of rotatable bonds is 3. The van der Waals surface area contributed by atoms with Crippen molar-refractivity contribution < 1.29 is 8.42 Å². The van der Waals surface area contributed by atoms with E-state index in [1.54, 1.807) is 16.8 Å². The molecule has 2 N–H and O–H groups in total. The number of fused-ring (bicyclic) bond motifs is 2. The molecular formula is C15H14N6O2S. The predicted octanol–water partition coefficient (Wildman–Crippen LogP) is 1.42. The molecular weight excluding hydrogens is 328 g/mol. The summed E-state index contributed by atoms with van der Waals surface area (Å²) in [6, 6.07) is 10.5. The van der Waals surface area contributed by atoms with Crippen molar-refractivity contribution in [3.8, 4) is 11.4 Å². The first-order valence-electron chi connectivity index (χ1n) is 7.22. The third-order valence-corrected chi connectivity index (χ3v) is 5.34. The average molecular weight is 342 g/mol. The molecule has 0 saturated heterocycles. The van der Waals surface area contributed by atoms with Gasteiger partial charge in [-0.2, -0.15) is 0 Å².